The monoisotopic (exact) mass is 236 g/mol. The fraction of sp³-hybridized carbons (Fsp3) is 0.571. The zero-order valence-electron chi connectivity index (χ0n) is 10.5. The van der Waals surface area contributed by atoms with Gasteiger partial charge in [-0.25, -0.2) is 4.39 Å². The number of nitrogens with zero attached hydrogens (tertiary/aromatic N) is 1. The second kappa shape index (κ2) is 5.15. The van der Waals surface area contributed by atoms with Crippen molar-refractivity contribution in [2.75, 3.05) is 20.1 Å². The molecule has 1 aromatic carbocycles. The van der Waals surface area contributed by atoms with Crippen molar-refractivity contribution < 1.29 is 4.39 Å². The lowest BCUT2D eigenvalue weighted by Crippen LogP contribution is -2.53. The molecule has 0 bridgehead atoms. The Bertz CT molecular complexity index is 380. The van der Waals surface area contributed by atoms with Crippen LogP contribution in [0.15, 0.2) is 24.3 Å². The molecule has 2 rings (SSSR count). The molecule has 1 unspecified atom stereocenters. The van der Waals surface area contributed by atoms with Gasteiger partial charge in [0.25, 0.3) is 0 Å². The smallest absolute Gasteiger partial charge is 0.123 e. The first-order valence-electron chi connectivity index (χ1n) is 6.29. The summed E-state index contributed by atoms with van der Waals surface area (Å²) in [5.74, 6) is -0.158. The van der Waals surface area contributed by atoms with Crippen molar-refractivity contribution >= 4 is 0 Å². The predicted molar refractivity (Wildman–Crippen MR) is 68.4 cm³/mol. The molecule has 1 saturated heterocycles. The number of likely N-dealkylation sites (N-methyl/N-ethyl adjacent to an activating group) is 1. The van der Waals surface area contributed by atoms with Gasteiger partial charge in [-0.15, -0.1) is 0 Å². The van der Waals surface area contributed by atoms with Crippen molar-refractivity contribution in [3.05, 3.63) is 35.6 Å². The van der Waals surface area contributed by atoms with Crippen molar-refractivity contribution in [1.82, 2.24) is 4.90 Å². The van der Waals surface area contributed by atoms with Crippen LogP contribution in [0.1, 0.15) is 24.8 Å². The summed E-state index contributed by atoms with van der Waals surface area (Å²) >= 11 is 0. The van der Waals surface area contributed by atoms with Crippen LogP contribution in [-0.2, 0) is 6.42 Å². The molecular formula is C14H21FN2. The number of hydrogen-bond acceptors (Lipinski definition) is 2. The third kappa shape index (κ3) is 3.51. The average molecular weight is 236 g/mol. The fourth-order valence-corrected chi connectivity index (χ4v) is 2.69. The largest absolute Gasteiger partial charge is 0.324 e. The molecule has 1 aromatic rings. The van der Waals surface area contributed by atoms with E-state index in [1.54, 1.807) is 12.1 Å². The van der Waals surface area contributed by atoms with Crippen molar-refractivity contribution in [3.63, 3.8) is 0 Å². The van der Waals surface area contributed by atoms with Crippen LogP contribution in [-0.4, -0.2) is 30.6 Å². The highest BCUT2D eigenvalue weighted by molar-refractivity contribution is 5.17. The molecule has 94 valence electrons. The van der Waals surface area contributed by atoms with Gasteiger partial charge in [0.2, 0.25) is 0 Å². The lowest BCUT2D eigenvalue weighted by atomic mass is 9.85. The van der Waals surface area contributed by atoms with Gasteiger partial charge in [0.1, 0.15) is 5.82 Å². The number of rotatable bonds is 3. The lowest BCUT2D eigenvalue weighted by Gasteiger charge is -2.38. The Morgan fingerprint density at radius 3 is 3.00 bits per heavy atom. The highest BCUT2D eigenvalue weighted by Gasteiger charge is 2.29. The molecule has 0 aromatic heterocycles. The second-order valence-electron chi connectivity index (χ2n) is 5.33. The van der Waals surface area contributed by atoms with Crippen LogP contribution >= 0.6 is 0 Å². The van der Waals surface area contributed by atoms with Crippen LogP contribution < -0.4 is 5.73 Å². The third-order valence-electron chi connectivity index (χ3n) is 3.60. The van der Waals surface area contributed by atoms with Gasteiger partial charge in [-0.05, 0) is 57.0 Å². The average Bonchev–Trinajstić information content (AvgIpc) is 2.26. The van der Waals surface area contributed by atoms with Crippen molar-refractivity contribution in [2.24, 2.45) is 5.73 Å². The molecule has 1 atom stereocenters. The van der Waals surface area contributed by atoms with E-state index < -0.39 is 0 Å². The molecule has 3 heteroatoms. The molecule has 0 aliphatic carbocycles. The molecule has 1 fully saturated rings. The van der Waals surface area contributed by atoms with Crippen molar-refractivity contribution in [1.29, 1.82) is 0 Å². The molecule has 0 saturated carbocycles. The van der Waals surface area contributed by atoms with E-state index in [-0.39, 0.29) is 11.4 Å². The molecule has 0 amide bonds. The van der Waals surface area contributed by atoms with Gasteiger partial charge in [-0.3, -0.25) is 0 Å². The minimum atomic E-state index is -0.158. The number of benzene rings is 1. The molecule has 2 N–H and O–H groups in total. The molecule has 1 aliphatic rings. The maximum absolute atomic E-state index is 13.1. The van der Waals surface area contributed by atoms with Crippen LogP contribution in [0.25, 0.3) is 0 Å². The third-order valence-corrected chi connectivity index (χ3v) is 3.60. The van der Waals surface area contributed by atoms with Crippen molar-refractivity contribution in [3.8, 4) is 0 Å². The quantitative estimate of drug-likeness (QED) is 0.871. The van der Waals surface area contributed by atoms with Crippen LogP contribution in [0.2, 0.25) is 0 Å². The first-order valence-corrected chi connectivity index (χ1v) is 6.29. The number of nitrogens with two attached hydrogens (primary N) is 1. The summed E-state index contributed by atoms with van der Waals surface area (Å²) in [6.45, 7) is 2.08. The molecule has 1 heterocycles. The highest BCUT2D eigenvalue weighted by Crippen LogP contribution is 2.23. The van der Waals surface area contributed by atoms with E-state index in [9.17, 15) is 4.39 Å². The molecule has 0 spiro atoms. The number of aryl methyl sites for hydroxylation is 1. The van der Waals surface area contributed by atoms with E-state index in [0.717, 1.165) is 44.3 Å². The second-order valence-corrected chi connectivity index (χ2v) is 5.33. The number of halogens is 1. The summed E-state index contributed by atoms with van der Waals surface area (Å²) in [5.41, 5.74) is 7.35. The molecule has 17 heavy (non-hydrogen) atoms. The normalized spacial score (nSPS) is 26.1. The van der Waals surface area contributed by atoms with E-state index in [4.69, 9.17) is 5.73 Å². The lowest BCUT2D eigenvalue weighted by molar-refractivity contribution is 0.170. The summed E-state index contributed by atoms with van der Waals surface area (Å²) in [6.07, 6.45) is 4.03. The SMILES string of the molecule is CN1CCCC(N)(CCc2cccc(F)c2)C1. The van der Waals surface area contributed by atoms with Gasteiger partial charge < -0.3 is 10.6 Å². The Morgan fingerprint density at radius 2 is 2.29 bits per heavy atom. The number of hydrogen-bond donors (Lipinski definition) is 1. The van der Waals surface area contributed by atoms with Crippen molar-refractivity contribution in [2.45, 2.75) is 31.2 Å². The van der Waals surface area contributed by atoms with E-state index in [0.29, 0.717) is 0 Å². The zero-order valence-corrected chi connectivity index (χ0v) is 10.5. The Labute approximate surface area is 103 Å². The van der Waals surface area contributed by atoms with Crippen LogP contribution in [0.3, 0.4) is 0 Å². The molecule has 0 radical (unpaired) electrons. The standard InChI is InChI=1S/C14H21FN2/c1-17-9-3-7-14(16,11-17)8-6-12-4-2-5-13(15)10-12/h2,4-5,10H,3,6-9,11,16H2,1H3. The molecular weight excluding hydrogens is 215 g/mol. The van der Waals surface area contributed by atoms with Gasteiger partial charge in [0.05, 0.1) is 0 Å². The van der Waals surface area contributed by atoms with Gasteiger partial charge in [-0.1, -0.05) is 12.1 Å². The minimum Gasteiger partial charge on any atom is -0.324 e. The zero-order chi connectivity index (χ0) is 12.3. The van der Waals surface area contributed by atoms with Crippen LogP contribution in [0, 0.1) is 5.82 Å². The topological polar surface area (TPSA) is 29.3 Å². The van der Waals surface area contributed by atoms with Gasteiger partial charge >= 0.3 is 0 Å². The maximum atomic E-state index is 13.1. The Hall–Kier alpha value is -0.930. The first-order chi connectivity index (χ1) is 8.07. The molecule has 2 nitrogen and oxygen atoms in total. The number of likely N-dealkylation sites (tertiary alicyclic amines) is 1. The van der Waals surface area contributed by atoms with E-state index in [1.807, 2.05) is 6.07 Å². The van der Waals surface area contributed by atoms with Gasteiger partial charge in [0.15, 0.2) is 0 Å². The van der Waals surface area contributed by atoms with Crippen LogP contribution in [0.5, 0.6) is 0 Å². The van der Waals surface area contributed by atoms with E-state index in [1.165, 1.54) is 6.07 Å². The predicted octanol–water partition coefficient (Wildman–Crippen LogP) is 2.18. The Kier molecular flexibility index (Phi) is 3.79. The van der Waals surface area contributed by atoms with E-state index in [2.05, 4.69) is 11.9 Å². The van der Waals surface area contributed by atoms with E-state index >= 15 is 0 Å². The summed E-state index contributed by atoms with van der Waals surface area (Å²) < 4.78 is 13.1. The maximum Gasteiger partial charge on any atom is 0.123 e. The fourth-order valence-electron chi connectivity index (χ4n) is 2.69. The highest BCUT2D eigenvalue weighted by atomic mass is 19.1. The minimum absolute atomic E-state index is 0.0979. The number of piperidine rings is 1. The first kappa shape index (κ1) is 12.5. The molecule has 1 aliphatic heterocycles. The summed E-state index contributed by atoms with van der Waals surface area (Å²) in [5, 5.41) is 0. The summed E-state index contributed by atoms with van der Waals surface area (Å²) in [7, 11) is 2.11. The Morgan fingerprint density at radius 1 is 1.47 bits per heavy atom. The van der Waals surface area contributed by atoms with Gasteiger partial charge in [-0.2, -0.15) is 0 Å². The van der Waals surface area contributed by atoms with Gasteiger partial charge in [0, 0.05) is 12.1 Å². The van der Waals surface area contributed by atoms with Crippen LogP contribution in [0.4, 0.5) is 4.39 Å². The Balaban J connectivity index is 1.93. The summed E-state index contributed by atoms with van der Waals surface area (Å²) in [4.78, 5) is 2.29. The summed E-state index contributed by atoms with van der Waals surface area (Å²) in [6, 6.07) is 6.83.